The first-order chi connectivity index (χ1) is 12.6. The van der Waals surface area contributed by atoms with E-state index < -0.39 is 5.41 Å². The molecular weight excluding hydrogens is 336 g/mol. The van der Waals surface area contributed by atoms with Crippen molar-refractivity contribution in [3.8, 4) is 0 Å². The average molecular weight is 370 g/mol. The van der Waals surface area contributed by atoms with Crippen LogP contribution in [-0.2, 0) is 19.0 Å². The second-order valence-corrected chi connectivity index (χ2v) is 7.23. The fourth-order valence-corrected chi connectivity index (χ4v) is 4.16. The van der Waals surface area contributed by atoms with Gasteiger partial charge < -0.3 is 19.1 Å². The molecule has 2 aliphatic rings. The maximum atomic E-state index is 12.7. The minimum absolute atomic E-state index is 0.0919. The summed E-state index contributed by atoms with van der Waals surface area (Å²) in [6.07, 6.45) is 4.16. The third-order valence-corrected chi connectivity index (χ3v) is 5.61. The van der Waals surface area contributed by atoms with Crippen LogP contribution in [0, 0.1) is 5.41 Å². The van der Waals surface area contributed by atoms with Crippen LogP contribution in [0.2, 0.25) is 0 Å². The molecule has 2 saturated heterocycles. The number of carbonyl (C=O) groups excluding carboxylic acids is 2. The van der Waals surface area contributed by atoms with Gasteiger partial charge in [0.1, 0.15) is 0 Å². The highest BCUT2D eigenvalue weighted by atomic mass is 16.6. The number of amides is 1. The molecule has 1 amide bonds. The highest BCUT2D eigenvalue weighted by molar-refractivity contribution is 5.77. The zero-order chi connectivity index (χ0) is 19.0. The zero-order valence-corrected chi connectivity index (χ0v) is 16.5. The maximum Gasteiger partial charge on any atom is 0.409 e. The average Bonchev–Trinajstić information content (AvgIpc) is 2.67. The molecule has 2 rings (SSSR count). The number of rotatable bonds is 7. The summed E-state index contributed by atoms with van der Waals surface area (Å²) in [5.41, 5.74) is -0.470. The van der Waals surface area contributed by atoms with E-state index in [1.807, 2.05) is 13.8 Å². The van der Waals surface area contributed by atoms with Crippen LogP contribution in [0.5, 0.6) is 0 Å². The normalized spacial score (nSPS) is 25.1. The molecule has 7 nitrogen and oxygen atoms in total. The van der Waals surface area contributed by atoms with Gasteiger partial charge in [0.15, 0.2) is 0 Å². The van der Waals surface area contributed by atoms with Crippen molar-refractivity contribution in [2.45, 2.75) is 52.0 Å². The van der Waals surface area contributed by atoms with Crippen molar-refractivity contribution >= 4 is 12.1 Å². The zero-order valence-electron chi connectivity index (χ0n) is 16.5. The monoisotopic (exact) mass is 370 g/mol. The first kappa shape index (κ1) is 21.0. The predicted molar refractivity (Wildman–Crippen MR) is 98.0 cm³/mol. The lowest BCUT2D eigenvalue weighted by Crippen LogP contribution is -2.55. The van der Waals surface area contributed by atoms with Crippen LogP contribution in [-0.4, -0.2) is 81.0 Å². The molecule has 2 heterocycles. The van der Waals surface area contributed by atoms with E-state index in [0.29, 0.717) is 45.4 Å². The minimum atomic E-state index is -0.470. The minimum Gasteiger partial charge on any atom is -0.466 e. The van der Waals surface area contributed by atoms with Crippen LogP contribution >= 0.6 is 0 Å². The lowest BCUT2D eigenvalue weighted by Gasteiger charge is -2.46. The number of esters is 1. The van der Waals surface area contributed by atoms with E-state index >= 15 is 0 Å². The quantitative estimate of drug-likeness (QED) is 0.641. The number of piperidine rings is 2. The summed E-state index contributed by atoms with van der Waals surface area (Å²) in [5.74, 6) is -0.0919. The van der Waals surface area contributed by atoms with Gasteiger partial charge in [-0.25, -0.2) is 4.79 Å². The fraction of sp³-hybridized carbons (Fsp3) is 0.895. The predicted octanol–water partition coefficient (Wildman–Crippen LogP) is 2.29. The van der Waals surface area contributed by atoms with Gasteiger partial charge in [0.25, 0.3) is 0 Å². The third-order valence-electron chi connectivity index (χ3n) is 5.61. The largest absolute Gasteiger partial charge is 0.466 e. The molecule has 2 fully saturated rings. The van der Waals surface area contributed by atoms with Crippen LogP contribution in [0.4, 0.5) is 4.79 Å². The summed E-state index contributed by atoms with van der Waals surface area (Å²) >= 11 is 0. The highest BCUT2D eigenvalue weighted by Gasteiger charge is 2.45. The molecule has 0 aromatic rings. The molecule has 7 heteroatoms. The van der Waals surface area contributed by atoms with Gasteiger partial charge in [0.05, 0.1) is 18.6 Å². The second kappa shape index (κ2) is 10.1. The number of carbonyl (C=O) groups is 2. The first-order valence-corrected chi connectivity index (χ1v) is 9.88. The van der Waals surface area contributed by atoms with Crippen LogP contribution in [0.3, 0.4) is 0 Å². The van der Waals surface area contributed by atoms with Gasteiger partial charge in [0.2, 0.25) is 0 Å². The summed E-state index contributed by atoms with van der Waals surface area (Å²) in [6.45, 7) is 8.21. The third kappa shape index (κ3) is 5.10. The van der Waals surface area contributed by atoms with Gasteiger partial charge >= 0.3 is 12.1 Å². The summed E-state index contributed by atoms with van der Waals surface area (Å²) < 4.78 is 15.8. The van der Waals surface area contributed by atoms with Gasteiger partial charge in [-0.2, -0.15) is 0 Å². The Bertz CT molecular complexity index is 465. The highest BCUT2D eigenvalue weighted by Crippen LogP contribution is 2.37. The van der Waals surface area contributed by atoms with E-state index in [4.69, 9.17) is 14.2 Å². The van der Waals surface area contributed by atoms with Crippen molar-refractivity contribution in [3.05, 3.63) is 0 Å². The lowest BCUT2D eigenvalue weighted by molar-refractivity contribution is -0.161. The number of hydrogen-bond acceptors (Lipinski definition) is 6. The Morgan fingerprint density at radius 2 is 1.77 bits per heavy atom. The molecule has 0 bridgehead atoms. The standard InChI is InChI=1S/C19H34N2O5/c1-4-25-17(22)19(10-14-24-3)9-6-11-21(15-19)16-7-12-20(13-8-16)18(23)26-5-2/h16H,4-15H2,1-3H3. The maximum absolute atomic E-state index is 12.7. The SMILES string of the molecule is CCOC(=O)N1CCC(N2CCCC(CCOC)(C(=O)OCC)C2)CC1. The Morgan fingerprint density at radius 3 is 2.38 bits per heavy atom. The van der Waals surface area contributed by atoms with E-state index in [-0.39, 0.29) is 12.1 Å². The van der Waals surface area contributed by atoms with Crippen LogP contribution in [0.15, 0.2) is 0 Å². The van der Waals surface area contributed by atoms with Crippen LogP contribution in [0.1, 0.15) is 46.0 Å². The summed E-state index contributed by atoms with van der Waals surface area (Å²) in [5, 5.41) is 0. The van der Waals surface area contributed by atoms with Gasteiger partial charge in [0, 0.05) is 39.4 Å². The van der Waals surface area contributed by atoms with Crippen molar-refractivity contribution < 1.29 is 23.8 Å². The summed E-state index contributed by atoms with van der Waals surface area (Å²) in [7, 11) is 1.67. The molecule has 0 N–H and O–H groups in total. The van der Waals surface area contributed by atoms with Crippen LogP contribution in [0.25, 0.3) is 0 Å². The van der Waals surface area contributed by atoms with Gasteiger partial charge in [-0.05, 0) is 52.5 Å². The molecule has 150 valence electrons. The van der Waals surface area contributed by atoms with Gasteiger partial charge in [-0.3, -0.25) is 9.69 Å². The molecule has 0 aromatic heterocycles. The Balaban J connectivity index is 1.97. The van der Waals surface area contributed by atoms with E-state index in [1.54, 1.807) is 12.0 Å². The van der Waals surface area contributed by atoms with Crippen molar-refractivity contribution in [1.29, 1.82) is 0 Å². The molecular formula is C19H34N2O5. The molecule has 26 heavy (non-hydrogen) atoms. The molecule has 1 unspecified atom stereocenters. The van der Waals surface area contributed by atoms with E-state index in [0.717, 1.165) is 38.8 Å². The van der Waals surface area contributed by atoms with E-state index in [9.17, 15) is 9.59 Å². The van der Waals surface area contributed by atoms with Crippen LogP contribution < -0.4 is 0 Å². The number of ether oxygens (including phenoxy) is 3. The first-order valence-electron chi connectivity index (χ1n) is 9.88. The van der Waals surface area contributed by atoms with Gasteiger partial charge in [-0.15, -0.1) is 0 Å². The number of methoxy groups -OCH3 is 1. The molecule has 0 radical (unpaired) electrons. The molecule has 0 aliphatic carbocycles. The topological polar surface area (TPSA) is 68.3 Å². The number of likely N-dealkylation sites (tertiary alicyclic amines) is 2. The van der Waals surface area contributed by atoms with Crippen molar-refractivity contribution in [2.24, 2.45) is 5.41 Å². The Kier molecular flexibility index (Phi) is 8.15. The number of hydrogen-bond donors (Lipinski definition) is 0. The van der Waals surface area contributed by atoms with E-state index in [2.05, 4.69) is 4.90 Å². The fourth-order valence-electron chi connectivity index (χ4n) is 4.16. The number of nitrogens with zero attached hydrogens (tertiary/aromatic N) is 2. The Morgan fingerprint density at radius 1 is 1.08 bits per heavy atom. The Hall–Kier alpha value is -1.34. The molecule has 0 spiro atoms. The molecule has 2 aliphatic heterocycles. The molecule has 1 atom stereocenters. The molecule has 0 aromatic carbocycles. The smallest absolute Gasteiger partial charge is 0.409 e. The van der Waals surface area contributed by atoms with Crippen molar-refractivity contribution in [1.82, 2.24) is 9.80 Å². The van der Waals surface area contributed by atoms with Gasteiger partial charge in [-0.1, -0.05) is 0 Å². The Labute approximate surface area is 156 Å². The molecule has 0 saturated carbocycles. The second-order valence-electron chi connectivity index (χ2n) is 7.23. The van der Waals surface area contributed by atoms with Crippen molar-refractivity contribution in [3.63, 3.8) is 0 Å². The lowest BCUT2D eigenvalue weighted by atomic mass is 9.76. The summed E-state index contributed by atoms with van der Waals surface area (Å²) in [4.78, 5) is 28.8. The van der Waals surface area contributed by atoms with E-state index in [1.165, 1.54) is 0 Å². The summed E-state index contributed by atoms with van der Waals surface area (Å²) in [6, 6.07) is 0.400. The van der Waals surface area contributed by atoms with Crippen molar-refractivity contribution in [2.75, 3.05) is 53.1 Å².